The average molecular weight is 272 g/mol. The van der Waals surface area contributed by atoms with Crippen LogP contribution in [0.5, 0.6) is 0 Å². The van der Waals surface area contributed by atoms with E-state index >= 15 is 0 Å². The van der Waals surface area contributed by atoms with E-state index in [0.717, 1.165) is 12.0 Å². The Labute approximate surface area is 122 Å². The molecule has 0 aliphatic carbocycles. The van der Waals surface area contributed by atoms with Crippen LogP contribution in [-0.4, -0.2) is 30.4 Å². The van der Waals surface area contributed by atoms with Crippen molar-refractivity contribution in [3.63, 3.8) is 0 Å². The van der Waals surface area contributed by atoms with Crippen LogP contribution in [0.1, 0.15) is 43.1 Å². The van der Waals surface area contributed by atoms with Crippen LogP contribution in [0.15, 0.2) is 24.3 Å². The van der Waals surface area contributed by atoms with Crippen LogP contribution in [0, 0.1) is 17.8 Å². The summed E-state index contributed by atoms with van der Waals surface area (Å²) in [5.74, 6) is 6.35. The van der Waals surface area contributed by atoms with Gasteiger partial charge < -0.3 is 10.6 Å². The second-order valence-electron chi connectivity index (χ2n) is 5.45. The van der Waals surface area contributed by atoms with Crippen molar-refractivity contribution in [2.24, 2.45) is 11.7 Å². The molecule has 0 aromatic heterocycles. The molecule has 0 aliphatic rings. The monoisotopic (exact) mass is 272 g/mol. The van der Waals surface area contributed by atoms with Crippen LogP contribution in [0.4, 0.5) is 0 Å². The molecule has 0 bridgehead atoms. The van der Waals surface area contributed by atoms with Gasteiger partial charge in [0, 0.05) is 18.7 Å². The minimum Gasteiger partial charge on any atom is -0.339 e. The fourth-order valence-electron chi connectivity index (χ4n) is 2.16. The lowest BCUT2D eigenvalue weighted by Gasteiger charge is -2.26. The van der Waals surface area contributed by atoms with E-state index in [2.05, 4.69) is 32.6 Å². The largest absolute Gasteiger partial charge is 0.339 e. The van der Waals surface area contributed by atoms with E-state index in [0.29, 0.717) is 18.0 Å². The summed E-state index contributed by atoms with van der Waals surface area (Å²) in [5, 5.41) is 0. The molecule has 0 heterocycles. The second kappa shape index (κ2) is 7.72. The van der Waals surface area contributed by atoms with E-state index in [9.17, 15) is 4.79 Å². The molecule has 2 N–H and O–H groups in total. The van der Waals surface area contributed by atoms with Crippen LogP contribution in [0.3, 0.4) is 0 Å². The van der Waals surface area contributed by atoms with Crippen molar-refractivity contribution in [1.82, 2.24) is 4.90 Å². The van der Waals surface area contributed by atoms with Crippen LogP contribution < -0.4 is 5.73 Å². The number of benzene rings is 1. The number of hydrogen-bond donors (Lipinski definition) is 1. The first-order valence-corrected chi connectivity index (χ1v) is 7.02. The highest BCUT2D eigenvalue weighted by molar-refractivity contribution is 5.96. The van der Waals surface area contributed by atoms with Crippen LogP contribution >= 0.6 is 0 Å². The number of amides is 1. The first-order chi connectivity index (χ1) is 9.47. The lowest BCUT2D eigenvalue weighted by Crippen LogP contribution is -2.36. The zero-order valence-corrected chi connectivity index (χ0v) is 12.8. The summed E-state index contributed by atoms with van der Waals surface area (Å²) in [4.78, 5) is 14.4. The Balaban J connectivity index is 2.97. The fourth-order valence-corrected chi connectivity index (χ4v) is 2.16. The maximum atomic E-state index is 12.6. The summed E-state index contributed by atoms with van der Waals surface area (Å²) < 4.78 is 0. The molecule has 1 rings (SSSR count). The van der Waals surface area contributed by atoms with E-state index in [4.69, 9.17) is 5.73 Å². The van der Waals surface area contributed by atoms with Crippen molar-refractivity contribution >= 4 is 5.91 Å². The molecule has 1 amide bonds. The van der Waals surface area contributed by atoms with E-state index in [1.165, 1.54) is 0 Å². The van der Waals surface area contributed by atoms with Gasteiger partial charge in [-0.05, 0) is 31.4 Å². The highest BCUT2D eigenvalue weighted by Crippen LogP contribution is 2.15. The van der Waals surface area contributed by atoms with Gasteiger partial charge in [0.25, 0.3) is 5.91 Å². The zero-order chi connectivity index (χ0) is 15.1. The third-order valence-electron chi connectivity index (χ3n) is 3.28. The highest BCUT2D eigenvalue weighted by atomic mass is 16.2. The molecule has 1 atom stereocenters. The molecule has 0 saturated heterocycles. The number of rotatable bonds is 4. The summed E-state index contributed by atoms with van der Waals surface area (Å²) in [5.41, 5.74) is 6.78. The van der Waals surface area contributed by atoms with Gasteiger partial charge in [-0.1, -0.05) is 37.8 Å². The lowest BCUT2D eigenvalue weighted by molar-refractivity contribution is 0.0728. The van der Waals surface area contributed by atoms with Crippen molar-refractivity contribution in [1.29, 1.82) is 0 Å². The fraction of sp³-hybridized carbons (Fsp3) is 0.471. The molecule has 3 heteroatoms. The predicted octanol–water partition coefficient (Wildman–Crippen LogP) is 2.50. The molecule has 3 nitrogen and oxygen atoms in total. The molecule has 0 spiro atoms. The molecule has 1 aromatic rings. The topological polar surface area (TPSA) is 46.3 Å². The van der Waals surface area contributed by atoms with Crippen LogP contribution in [-0.2, 0) is 0 Å². The number of hydrogen-bond acceptors (Lipinski definition) is 2. The van der Waals surface area contributed by atoms with Gasteiger partial charge in [0.2, 0.25) is 0 Å². The first-order valence-electron chi connectivity index (χ1n) is 7.02. The van der Waals surface area contributed by atoms with Crippen molar-refractivity contribution in [2.45, 2.75) is 33.2 Å². The average Bonchev–Trinajstić information content (AvgIpc) is 2.43. The SMILES string of the molecule is CC(C)CC(C)N(C)C(=O)c1ccccc1C#CCN. The third kappa shape index (κ3) is 4.40. The van der Waals surface area contributed by atoms with Crippen LogP contribution in [0.25, 0.3) is 0 Å². The first kappa shape index (κ1) is 16.3. The second-order valence-corrected chi connectivity index (χ2v) is 5.45. The van der Waals surface area contributed by atoms with Crippen molar-refractivity contribution in [3.8, 4) is 11.8 Å². The standard InChI is InChI=1S/C17H24N2O/c1-13(2)12-14(3)19(4)17(20)16-10-6-5-8-15(16)9-7-11-18/h5-6,8,10,13-14H,11-12,18H2,1-4H3. The summed E-state index contributed by atoms with van der Waals surface area (Å²) in [6.07, 6.45) is 0.985. The minimum atomic E-state index is 0.0140. The lowest BCUT2D eigenvalue weighted by atomic mass is 10.0. The van der Waals surface area contributed by atoms with Gasteiger partial charge in [0.05, 0.1) is 12.1 Å². The smallest absolute Gasteiger partial charge is 0.255 e. The van der Waals surface area contributed by atoms with Crippen molar-refractivity contribution < 1.29 is 4.79 Å². The zero-order valence-electron chi connectivity index (χ0n) is 12.8. The molecule has 20 heavy (non-hydrogen) atoms. The molecule has 0 saturated carbocycles. The Bertz CT molecular complexity index is 511. The number of nitrogens with zero attached hydrogens (tertiary/aromatic N) is 1. The molecule has 108 valence electrons. The highest BCUT2D eigenvalue weighted by Gasteiger charge is 2.19. The van der Waals surface area contributed by atoms with E-state index in [1.54, 1.807) is 4.90 Å². The summed E-state index contributed by atoms with van der Waals surface area (Å²) in [6, 6.07) is 7.63. The number of carbonyl (C=O) groups is 1. The molecular formula is C17H24N2O. The molecule has 1 unspecified atom stereocenters. The van der Waals surface area contributed by atoms with Gasteiger partial charge in [0.15, 0.2) is 0 Å². The maximum Gasteiger partial charge on any atom is 0.255 e. The maximum absolute atomic E-state index is 12.6. The van der Waals surface area contributed by atoms with E-state index < -0.39 is 0 Å². The summed E-state index contributed by atoms with van der Waals surface area (Å²) in [7, 11) is 1.85. The Kier molecular flexibility index (Phi) is 6.27. The molecule has 1 aromatic carbocycles. The third-order valence-corrected chi connectivity index (χ3v) is 3.28. The van der Waals surface area contributed by atoms with Crippen molar-refractivity contribution in [3.05, 3.63) is 35.4 Å². The van der Waals surface area contributed by atoms with E-state index in [-0.39, 0.29) is 11.9 Å². The number of nitrogens with two attached hydrogens (primary N) is 1. The Hall–Kier alpha value is -1.79. The molecule has 0 fully saturated rings. The number of carbonyl (C=O) groups excluding carboxylic acids is 1. The Morgan fingerprint density at radius 2 is 1.95 bits per heavy atom. The van der Waals surface area contributed by atoms with Gasteiger partial charge in [-0.25, -0.2) is 0 Å². The van der Waals surface area contributed by atoms with Gasteiger partial charge in [-0.3, -0.25) is 4.79 Å². The van der Waals surface area contributed by atoms with Crippen molar-refractivity contribution in [2.75, 3.05) is 13.6 Å². The Morgan fingerprint density at radius 1 is 1.30 bits per heavy atom. The quantitative estimate of drug-likeness (QED) is 0.856. The molecule has 0 radical (unpaired) electrons. The molecule has 0 aliphatic heterocycles. The minimum absolute atomic E-state index is 0.0140. The van der Waals surface area contributed by atoms with Gasteiger partial charge in [-0.15, -0.1) is 0 Å². The molecular weight excluding hydrogens is 248 g/mol. The van der Waals surface area contributed by atoms with E-state index in [1.807, 2.05) is 31.3 Å². The van der Waals surface area contributed by atoms with Crippen LogP contribution in [0.2, 0.25) is 0 Å². The van der Waals surface area contributed by atoms with Gasteiger partial charge in [-0.2, -0.15) is 0 Å². The summed E-state index contributed by atoms with van der Waals surface area (Å²) >= 11 is 0. The normalized spacial score (nSPS) is 11.7. The predicted molar refractivity (Wildman–Crippen MR) is 83.4 cm³/mol. The summed E-state index contributed by atoms with van der Waals surface area (Å²) in [6.45, 7) is 6.69. The Morgan fingerprint density at radius 3 is 2.55 bits per heavy atom. The van der Waals surface area contributed by atoms with Gasteiger partial charge >= 0.3 is 0 Å². The van der Waals surface area contributed by atoms with Gasteiger partial charge in [0.1, 0.15) is 0 Å².